The van der Waals surface area contributed by atoms with E-state index in [1.807, 2.05) is 5.38 Å². The van der Waals surface area contributed by atoms with Gasteiger partial charge in [-0.25, -0.2) is 9.67 Å². The second-order valence-electron chi connectivity index (χ2n) is 7.16. The van der Waals surface area contributed by atoms with E-state index in [2.05, 4.69) is 20.6 Å². The Balaban J connectivity index is 1.46. The van der Waals surface area contributed by atoms with E-state index in [0.717, 1.165) is 37.3 Å². The number of aromatic nitrogens is 4. The van der Waals surface area contributed by atoms with Gasteiger partial charge in [-0.15, -0.1) is 16.4 Å². The maximum atomic E-state index is 12.7. The molecule has 3 heterocycles. The third kappa shape index (κ3) is 4.49. The van der Waals surface area contributed by atoms with Gasteiger partial charge in [-0.05, 0) is 44.5 Å². The number of hydrogen-bond donors (Lipinski definition) is 2. The van der Waals surface area contributed by atoms with Crippen molar-refractivity contribution in [1.82, 2.24) is 25.3 Å². The third-order valence-corrected chi connectivity index (χ3v) is 5.95. The van der Waals surface area contributed by atoms with Crippen molar-refractivity contribution in [1.29, 1.82) is 0 Å². The van der Waals surface area contributed by atoms with Crippen LogP contribution in [0.3, 0.4) is 0 Å². The lowest BCUT2D eigenvalue weighted by Crippen LogP contribution is -2.27. The smallest absolute Gasteiger partial charge is 0.383 e. The molecule has 1 aromatic carbocycles. The Bertz CT molecular complexity index is 959. The number of hydrogen-bond acceptors (Lipinski definition) is 6. The molecule has 0 amide bonds. The van der Waals surface area contributed by atoms with E-state index in [0.29, 0.717) is 35.7 Å². The van der Waals surface area contributed by atoms with Gasteiger partial charge in [0.15, 0.2) is 0 Å². The molecule has 1 aliphatic rings. The molecule has 154 valence electrons. The molecule has 3 aromatic rings. The summed E-state index contributed by atoms with van der Waals surface area (Å²) in [6, 6.07) is 4.97. The van der Waals surface area contributed by atoms with Crippen LogP contribution < -0.4 is 5.32 Å². The van der Waals surface area contributed by atoms with Crippen LogP contribution in [-0.4, -0.2) is 38.2 Å². The summed E-state index contributed by atoms with van der Waals surface area (Å²) in [5.41, 5.74) is 0.263. The van der Waals surface area contributed by atoms with E-state index in [1.165, 1.54) is 23.5 Å². The number of halogens is 3. The van der Waals surface area contributed by atoms with Gasteiger partial charge in [0.25, 0.3) is 0 Å². The molecular weight excluding hydrogens is 403 g/mol. The second-order valence-corrected chi connectivity index (χ2v) is 8.01. The molecule has 0 saturated carbocycles. The normalized spacial score (nSPS) is 20.6. The van der Waals surface area contributed by atoms with Crippen LogP contribution in [-0.2, 0) is 18.3 Å². The van der Waals surface area contributed by atoms with E-state index < -0.39 is 17.3 Å². The summed E-state index contributed by atoms with van der Waals surface area (Å²) >= 11 is 1.36. The molecule has 2 aromatic heterocycles. The van der Waals surface area contributed by atoms with Crippen molar-refractivity contribution in [3.8, 4) is 10.6 Å². The molecular formula is C19H20F3N5OS. The molecule has 4 rings (SSSR count). The van der Waals surface area contributed by atoms with Crippen LogP contribution in [0.2, 0.25) is 0 Å². The van der Waals surface area contributed by atoms with Crippen LogP contribution in [0, 0.1) is 0 Å². The Morgan fingerprint density at radius 1 is 1.17 bits per heavy atom. The molecule has 6 nitrogen and oxygen atoms in total. The summed E-state index contributed by atoms with van der Waals surface area (Å²) < 4.78 is 39.7. The molecule has 2 N–H and O–H groups in total. The Hall–Kier alpha value is -2.30. The average Bonchev–Trinajstić information content (AvgIpc) is 3.29. The Morgan fingerprint density at radius 3 is 2.72 bits per heavy atom. The summed E-state index contributed by atoms with van der Waals surface area (Å²) in [7, 11) is 0. The van der Waals surface area contributed by atoms with Gasteiger partial charge in [-0.1, -0.05) is 17.3 Å². The maximum Gasteiger partial charge on any atom is 0.416 e. The maximum absolute atomic E-state index is 12.7. The molecule has 0 aliphatic carbocycles. The van der Waals surface area contributed by atoms with E-state index in [1.54, 1.807) is 10.9 Å². The monoisotopic (exact) mass is 423 g/mol. The van der Waals surface area contributed by atoms with E-state index in [-0.39, 0.29) is 0 Å². The highest BCUT2D eigenvalue weighted by atomic mass is 32.1. The minimum Gasteiger partial charge on any atom is -0.383 e. The fourth-order valence-corrected chi connectivity index (χ4v) is 4.19. The van der Waals surface area contributed by atoms with Crippen molar-refractivity contribution in [2.24, 2.45) is 0 Å². The summed E-state index contributed by atoms with van der Waals surface area (Å²) in [6.45, 7) is 1.98. The van der Waals surface area contributed by atoms with Gasteiger partial charge in [0.05, 0.1) is 24.0 Å². The van der Waals surface area contributed by atoms with Crippen LogP contribution >= 0.6 is 11.3 Å². The lowest BCUT2D eigenvalue weighted by molar-refractivity contribution is -0.137. The summed E-state index contributed by atoms with van der Waals surface area (Å²) in [5, 5.41) is 24.9. The zero-order valence-electron chi connectivity index (χ0n) is 15.5. The van der Waals surface area contributed by atoms with E-state index >= 15 is 0 Å². The Morgan fingerprint density at radius 2 is 1.97 bits per heavy atom. The molecule has 1 atom stereocenters. The van der Waals surface area contributed by atoms with Crippen LogP contribution in [0.5, 0.6) is 0 Å². The predicted octanol–water partition coefficient (Wildman–Crippen LogP) is 3.43. The highest BCUT2D eigenvalue weighted by Gasteiger charge is 2.33. The van der Waals surface area contributed by atoms with Gasteiger partial charge in [0.2, 0.25) is 0 Å². The van der Waals surface area contributed by atoms with Crippen LogP contribution in [0.1, 0.15) is 36.2 Å². The zero-order valence-corrected chi connectivity index (χ0v) is 16.3. The largest absolute Gasteiger partial charge is 0.416 e. The average molecular weight is 423 g/mol. The molecule has 1 fully saturated rings. The first-order valence-corrected chi connectivity index (χ1v) is 10.2. The van der Waals surface area contributed by atoms with Crippen molar-refractivity contribution >= 4 is 11.3 Å². The van der Waals surface area contributed by atoms with Crippen molar-refractivity contribution in [2.75, 3.05) is 13.1 Å². The minimum absolute atomic E-state index is 0.373. The topological polar surface area (TPSA) is 75.9 Å². The summed E-state index contributed by atoms with van der Waals surface area (Å²) in [4.78, 5) is 4.50. The first-order valence-electron chi connectivity index (χ1n) is 9.29. The molecule has 0 radical (unpaired) electrons. The van der Waals surface area contributed by atoms with Gasteiger partial charge in [-0.3, -0.25) is 0 Å². The molecule has 1 aliphatic heterocycles. The second kappa shape index (κ2) is 7.85. The fraction of sp³-hybridized carbons (Fsp3) is 0.421. The first kappa shape index (κ1) is 20.0. The number of nitrogens with one attached hydrogen (secondary N) is 1. The molecule has 1 unspecified atom stereocenters. The quantitative estimate of drug-likeness (QED) is 0.673. The minimum atomic E-state index is -4.35. The number of aliphatic hydroxyl groups is 1. The standard InChI is InChI=1S/C19H20F3N5OS/c20-19(21,22)14-4-2-13(3-5-14)17-24-15(12-29-17)10-27-11-16(25-26-27)18(28)6-1-8-23-9-7-18/h2-5,11-12,23,28H,1,6-10H2. The predicted molar refractivity (Wildman–Crippen MR) is 102 cm³/mol. The number of thiazole rings is 1. The van der Waals surface area contributed by atoms with Crippen LogP contribution in [0.4, 0.5) is 13.2 Å². The van der Waals surface area contributed by atoms with Crippen molar-refractivity contribution in [2.45, 2.75) is 37.6 Å². The van der Waals surface area contributed by atoms with Gasteiger partial charge >= 0.3 is 6.18 Å². The van der Waals surface area contributed by atoms with E-state index in [4.69, 9.17) is 0 Å². The number of alkyl halides is 3. The third-order valence-electron chi connectivity index (χ3n) is 5.01. The number of benzene rings is 1. The Kier molecular flexibility index (Phi) is 5.41. The molecule has 10 heteroatoms. The fourth-order valence-electron chi connectivity index (χ4n) is 3.38. The SMILES string of the molecule is OC1(c2cn(Cc3csc(-c4ccc(C(F)(F)F)cc4)n3)nn2)CCCNCC1. The lowest BCUT2D eigenvalue weighted by atomic mass is 9.92. The van der Waals surface area contributed by atoms with Crippen molar-refractivity contribution in [3.05, 3.63) is 52.8 Å². The highest BCUT2D eigenvalue weighted by Crippen LogP contribution is 2.32. The first-order chi connectivity index (χ1) is 13.8. The highest BCUT2D eigenvalue weighted by molar-refractivity contribution is 7.13. The van der Waals surface area contributed by atoms with Gasteiger partial charge in [0.1, 0.15) is 16.3 Å². The van der Waals surface area contributed by atoms with Gasteiger partial charge in [-0.2, -0.15) is 13.2 Å². The molecule has 1 saturated heterocycles. The zero-order chi connectivity index (χ0) is 20.5. The number of nitrogens with zero attached hydrogens (tertiary/aromatic N) is 4. The molecule has 0 spiro atoms. The molecule has 29 heavy (non-hydrogen) atoms. The van der Waals surface area contributed by atoms with Crippen LogP contribution in [0.15, 0.2) is 35.8 Å². The van der Waals surface area contributed by atoms with Gasteiger partial charge < -0.3 is 10.4 Å². The summed E-state index contributed by atoms with van der Waals surface area (Å²) in [6.07, 6.45) is -0.531. The number of rotatable bonds is 4. The van der Waals surface area contributed by atoms with Crippen molar-refractivity contribution in [3.63, 3.8) is 0 Å². The Labute approximate surface area is 169 Å². The molecule has 0 bridgehead atoms. The van der Waals surface area contributed by atoms with E-state index in [9.17, 15) is 18.3 Å². The summed E-state index contributed by atoms with van der Waals surface area (Å²) in [5.74, 6) is 0. The van der Waals surface area contributed by atoms with Crippen molar-refractivity contribution < 1.29 is 18.3 Å². The van der Waals surface area contributed by atoms with Crippen LogP contribution in [0.25, 0.3) is 10.6 Å². The lowest BCUT2D eigenvalue weighted by Gasteiger charge is -2.23. The van der Waals surface area contributed by atoms with Gasteiger partial charge in [0, 0.05) is 10.9 Å².